The van der Waals surface area contributed by atoms with Gasteiger partial charge < -0.3 is 23.8 Å². The van der Waals surface area contributed by atoms with Crippen LogP contribution in [0.4, 0.5) is 5.69 Å². The number of aryl methyl sites for hydroxylation is 1. The van der Waals surface area contributed by atoms with Crippen LogP contribution in [-0.2, 0) is 6.42 Å². The molecule has 2 aromatic rings. The summed E-state index contributed by atoms with van der Waals surface area (Å²) < 4.78 is 22.2. The molecule has 0 bridgehead atoms. The fraction of sp³-hybridized carbons (Fsp3) is 0.350. The number of carbonyl (C=O) groups is 1. The topological polar surface area (TPSA) is 57.2 Å². The highest BCUT2D eigenvalue weighted by Crippen LogP contribution is 2.42. The van der Waals surface area contributed by atoms with Crippen LogP contribution in [0.5, 0.6) is 23.0 Å². The van der Waals surface area contributed by atoms with E-state index in [4.69, 9.17) is 18.9 Å². The molecular weight excluding hydrogens is 334 g/mol. The van der Waals surface area contributed by atoms with E-state index in [1.165, 1.54) is 0 Å². The Morgan fingerprint density at radius 2 is 1.88 bits per heavy atom. The van der Waals surface area contributed by atoms with Crippen LogP contribution >= 0.6 is 0 Å². The van der Waals surface area contributed by atoms with Gasteiger partial charge in [-0.05, 0) is 36.6 Å². The van der Waals surface area contributed by atoms with Crippen LogP contribution in [0.15, 0.2) is 30.3 Å². The molecule has 2 aromatic carbocycles. The van der Waals surface area contributed by atoms with E-state index in [9.17, 15) is 4.79 Å². The van der Waals surface area contributed by atoms with Crippen LogP contribution in [-0.4, -0.2) is 39.9 Å². The van der Waals surface area contributed by atoms with Crippen LogP contribution in [0.3, 0.4) is 0 Å². The SMILES string of the molecule is COc1cc(C(=O)N2CCCc3cccc(OC)c32)cc2c1OCCO2. The summed E-state index contributed by atoms with van der Waals surface area (Å²) in [7, 11) is 3.18. The number of nitrogens with zero attached hydrogens (tertiary/aromatic N) is 1. The molecule has 2 heterocycles. The van der Waals surface area contributed by atoms with E-state index in [0.29, 0.717) is 48.3 Å². The van der Waals surface area contributed by atoms with Crippen LogP contribution in [0, 0.1) is 0 Å². The third kappa shape index (κ3) is 2.71. The van der Waals surface area contributed by atoms with Crippen molar-refractivity contribution in [3.63, 3.8) is 0 Å². The molecule has 0 fully saturated rings. The van der Waals surface area contributed by atoms with E-state index in [2.05, 4.69) is 0 Å². The summed E-state index contributed by atoms with van der Waals surface area (Å²) in [4.78, 5) is 15.1. The summed E-state index contributed by atoms with van der Waals surface area (Å²) in [5, 5.41) is 0. The minimum absolute atomic E-state index is 0.106. The van der Waals surface area contributed by atoms with Gasteiger partial charge in [-0.1, -0.05) is 12.1 Å². The first kappa shape index (κ1) is 16.6. The van der Waals surface area contributed by atoms with Crippen LogP contribution in [0.2, 0.25) is 0 Å². The second-order valence-electron chi connectivity index (χ2n) is 6.23. The highest BCUT2D eigenvalue weighted by molar-refractivity contribution is 6.08. The quantitative estimate of drug-likeness (QED) is 0.847. The third-order valence-corrected chi connectivity index (χ3v) is 4.72. The maximum atomic E-state index is 13.3. The van der Waals surface area contributed by atoms with Gasteiger partial charge in [0, 0.05) is 12.1 Å². The summed E-state index contributed by atoms with van der Waals surface area (Å²) in [6, 6.07) is 9.32. The van der Waals surface area contributed by atoms with E-state index in [-0.39, 0.29) is 5.91 Å². The zero-order valence-electron chi connectivity index (χ0n) is 14.9. The molecule has 0 saturated carbocycles. The van der Waals surface area contributed by atoms with Crippen LogP contribution in [0.1, 0.15) is 22.3 Å². The van der Waals surface area contributed by atoms with Gasteiger partial charge in [0.25, 0.3) is 5.91 Å². The Kier molecular flexibility index (Phi) is 4.32. The second kappa shape index (κ2) is 6.78. The molecule has 4 rings (SSSR count). The Morgan fingerprint density at radius 3 is 2.69 bits per heavy atom. The number of hydrogen-bond donors (Lipinski definition) is 0. The zero-order chi connectivity index (χ0) is 18.1. The van der Waals surface area contributed by atoms with Crippen molar-refractivity contribution in [3.05, 3.63) is 41.5 Å². The Morgan fingerprint density at radius 1 is 1.08 bits per heavy atom. The van der Waals surface area contributed by atoms with Gasteiger partial charge in [-0.15, -0.1) is 0 Å². The number of anilines is 1. The fourth-order valence-electron chi connectivity index (χ4n) is 3.54. The molecule has 2 aliphatic rings. The van der Waals surface area contributed by atoms with Gasteiger partial charge in [-0.25, -0.2) is 0 Å². The van der Waals surface area contributed by atoms with Crippen molar-refractivity contribution >= 4 is 11.6 Å². The van der Waals surface area contributed by atoms with Crippen molar-refractivity contribution in [2.24, 2.45) is 0 Å². The molecule has 26 heavy (non-hydrogen) atoms. The number of carbonyl (C=O) groups excluding carboxylic acids is 1. The number of fused-ring (bicyclic) bond motifs is 2. The lowest BCUT2D eigenvalue weighted by molar-refractivity contribution is 0.0982. The Hall–Kier alpha value is -2.89. The minimum atomic E-state index is -0.106. The van der Waals surface area contributed by atoms with E-state index in [1.54, 1.807) is 31.3 Å². The molecule has 1 amide bonds. The largest absolute Gasteiger partial charge is 0.495 e. The summed E-state index contributed by atoms with van der Waals surface area (Å²) in [5.41, 5.74) is 2.47. The first-order chi connectivity index (χ1) is 12.7. The van der Waals surface area contributed by atoms with Gasteiger partial charge in [-0.2, -0.15) is 0 Å². The maximum absolute atomic E-state index is 13.3. The molecule has 0 saturated heterocycles. The molecule has 6 nitrogen and oxygen atoms in total. The zero-order valence-corrected chi connectivity index (χ0v) is 14.9. The van der Waals surface area contributed by atoms with E-state index in [0.717, 1.165) is 24.1 Å². The number of para-hydroxylation sites is 1. The molecule has 0 aromatic heterocycles. The van der Waals surface area contributed by atoms with Crippen LogP contribution < -0.4 is 23.8 Å². The Labute approximate surface area is 152 Å². The third-order valence-electron chi connectivity index (χ3n) is 4.72. The molecule has 0 N–H and O–H groups in total. The van der Waals surface area contributed by atoms with Gasteiger partial charge in [0.2, 0.25) is 5.75 Å². The van der Waals surface area contributed by atoms with Gasteiger partial charge in [0.05, 0.1) is 19.9 Å². The lowest BCUT2D eigenvalue weighted by atomic mass is 9.99. The van der Waals surface area contributed by atoms with Crippen molar-refractivity contribution in [1.82, 2.24) is 0 Å². The fourth-order valence-corrected chi connectivity index (χ4v) is 3.54. The molecule has 6 heteroatoms. The van der Waals surface area contributed by atoms with E-state index >= 15 is 0 Å². The number of benzene rings is 2. The standard InChI is InChI=1S/C20H21NO5/c1-23-15-7-3-5-13-6-4-8-21(18(13)15)20(22)14-11-16(24-2)19-17(12-14)25-9-10-26-19/h3,5,7,11-12H,4,6,8-10H2,1-2H3. The lowest BCUT2D eigenvalue weighted by Gasteiger charge is -2.31. The van der Waals surface area contributed by atoms with Crippen molar-refractivity contribution in [2.75, 3.05) is 38.9 Å². The molecule has 2 aliphatic heterocycles. The lowest BCUT2D eigenvalue weighted by Crippen LogP contribution is -2.36. The molecule has 0 spiro atoms. The highest BCUT2D eigenvalue weighted by Gasteiger charge is 2.29. The number of hydrogen-bond acceptors (Lipinski definition) is 5. The molecule has 0 radical (unpaired) electrons. The van der Waals surface area contributed by atoms with Crippen molar-refractivity contribution in [3.8, 4) is 23.0 Å². The predicted molar refractivity (Wildman–Crippen MR) is 97.0 cm³/mol. The summed E-state index contributed by atoms with van der Waals surface area (Å²) in [5.74, 6) is 2.19. The number of rotatable bonds is 3. The van der Waals surface area contributed by atoms with E-state index in [1.807, 2.05) is 18.2 Å². The van der Waals surface area contributed by atoms with Gasteiger partial charge in [0.1, 0.15) is 19.0 Å². The summed E-state index contributed by atoms with van der Waals surface area (Å²) in [6.45, 7) is 1.56. The monoisotopic (exact) mass is 355 g/mol. The van der Waals surface area contributed by atoms with Crippen molar-refractivity contribution < 1.29 is 23.7 Å². The normalized spacial score (nSPS) is 15.2. The number of ether oxygens (including phenoxy) is 4. The van der Waals surface area contributed by atoms with Gasteiger partial charge in [-0.3, -0.25) is 4.79 Å². The van der Waals surface area contributed by atoms with Crippen molar-refractivity contribution in [2.45, 2.75) is 12.8 Å². The highest BCUT2D eigenvalue weighted by atomic mass is 16.6. The van der Waals surface area contributed by atoms with E-state index < -0.39 is 0 Å². The predicted octanol–water partition coefficient (Wildman–Crippen LogP) is 3.07. The Balaban J connectivity index is 1.76. The van der Waals surface area contributed by atoms with Crippen LogP contribution in [0.25, 0.3) is 0 Å². The summed E-state index contributed by atoms with van der Waals surface area (Å²) >= 11 is 0. The second-order valence-corrected chi connectivity index (χ2v) is 6.23. The minimum Gasteiger partial charge on any atom is -0.495 e. The molecule has 0 atom stereocenters. The molecule has 0 aliphatic carbocycles. The first-order valence-corrected chi connectivity index (χ1v) is 8.68. The summed E-state index contributed by atoms with van der Waals surface area (Å²) in [6.07, 6.45) is 1.84. The smallest absolute Gasteiger partial charge is 0.258 e. The van der Waals surface area contributed by atoms with Crippen molar-refractivity contribution in [1.29, 1.82) is 0 Å². The van der Waals surface area contributed by atoms with Gasteiger partial charge >= 0.3 is 0 Å². The number of amides is 1. The average Bonchev–Trinajstić information content (AvgIpc) is 2.71. The first-order valence-electron chi connectivity index (χ1n) is 8.68. The van der Waals surface area contributed by atoms with Gasteiger partial charge in [0.15, 0.2) is 11.5 Å². The molecule has 0 unspecified atom stereocenters. The number of methoxy groups -OCH3 is 2. The maximum Gasteiger partial charge on any atom is 0.258 e. The average molecular weight is 355 g/mol. The molecular formula is C20H21NO5. The Bertz CT molecular complexity index is 817. The molecule has 136 valence electrons.